The molecule has 1 fully saturated rings. The van der Waals surface area contributed by atoms with Crippen molar-refractivity contribution in [2.24, 2.45) is 5.92 Å². The van der Waals surface area contributed by atoms with Gasteiger partial charge in [-0.05, 0) is 41.0 Å². The average Bonchev–Trinajstić information content (AvgIpc) is 3.11. The highest BCUT2D eigenvalue weighted by Crippen LogP contribution is 2.44. The van der Waals surface area contributed by atoms with Gasteiger partial charge in [-0.25, -0.2) is 15.1 Å². The number of benzene rings is 2. The van der Waals surface area contributed by atoms with Crippen LogP contribution in [0.15, 0.2) is 48.5 Å². The van der Waals surface area contributed by atoms with Gasteiger partial charge in [0.1, 0.15) is 12.1 Å². The number of aliphatic carboxylic acids is 1. The number of rotatable bonds is 7. The molecule has 2 atom stereocenters. The minimum Gasteiger partial charge on any atom is -0.479 e. The third-order valence-electron chi connectivity index (χ3n) is 6.48. The van der Waals surface area contributed by atoms with Crippen LogP contribution in [0.3, 0.4) is 0 Å². The van der Waals surface area contributed by atoms with Crippen LogP contribution < -0.4 is 10.8 Å². The lowest BCUT2D eigenvalue weighted by molar-refractivity contribution is -0.152. The van der Waals surface area contributed by atoms with Crippen LogP contribution in [0, 0.1) is 5.92 Å². The zero-order valence-electron chi connectivity index (χ0n) is 18.5. The first kappa shape index (κ1) is 22.8. The van der Waals surface area contributed by atoms with Crippen molar-refractivity contribution in [3.8, 4) is 11.1 Å². The molecule has 2 unspecified atom stereocenters. The zero-order valence-corrected chi connectivity index (χ0v) is 18.5. The smallest absolute Gasteiger partial charge is 0.408 e. The van der Waals surface area contributed by atoms with Crippen LogP contribution in [0.25, 0.3) is 11.1 Å². The number of ether oxygens (including phenoxy) is 1. The van der Waals surface area contributed by atoms with Crippen LogP contribution >= 0.6 is 0 Å². The predicted molar refractivity (Wildman–Crippen MR) is 120 cm³/mol. The van der Waals surface area contributed by atoms with Gasteiger partial charge in [-0.3, -0.25) is 9.63 Å². The predicted octanol–water partition coefficient (Wildman–Crippen LogP) is 3.61. The molecule has 2 aromatic carbocycles. The molecule has 0 radical (unpaired) electrons. The van der Waals surface area contributed by atoms with E-state index in [1.165, 1.54) is 0 Å². The zero-order chi connectivity index (χ0) is 23.4. The summed E-state index contributed by atoms with van der Waals surface area (Å²) < 4.78 is 5.63. The number of amides is 2. The second-order valence-corrected chi connectivity index (χ2v) is 8.85. The van der Waals surface area contributed by atoms with E-state index in [0.29, 0.717) is 12.8 Å². The van der Waals surface area contributed by atoms with Crippen LogP contribution in [0.1, 0.15) is 49.7 Å². The minimum atomic E-state index is -1.21. The monoisotopic (exact) mass is 452 g/mol. The molecule has 0 heterocycles. The first-order chi connectivity index (χ1) is 15.9. The van der Waals surface area contributed by atoms with Gasteiger partial charge in [0.25, 0.3) is 5.91 Å². The molecule has 0 saturated heterocycles. The second-order valence-electron chi connectivity index (χ2n) is 8.85. The molecule has 1 saturated carbocycles. The quantitative estimate of drug-likeness (QED) is 0.553. The molecule has 2 aromatic rings. The number of carboxylic acid groups (broad SMARTS) is 1. The summed E-state index contributed by atoms with van der Waals surface area (Å²) in [6.45, 7) is 1.49. The Morgan fingerprint density at radius 2 is 1.70 bits per heavy atom. The molecule has 8 heteroatoms. The normalized spacial score (nSPS) is 21.5. The molecule has 2 aliphatic carbocycles. The van der Waals surface area contributed by atoms with Crippen molar-refractivity contribution in [2.45, 2.75) is 44.1 Å². The number of alkyl carbamates (subject to hydrolysis) is 1. The molecule has 3 N–H and O–H groups in total. The van der Waals surface area contributed by atoms with Crippen molar-refractivity contribution in [2.75, 3.05) is 13.2 Å². The summed E-state index contributed by atoms with van der Waals surface area (Å²) in [7, 11) is 0. The molecular formula is C25H28N2O6. The molecule has 33 heavy (non-hydrogen) atoms. The van der Waals surface area contributed by atoms with Crippen molar-refractivity contribution in [1.82, 2.24) is 10.8 Å². The minimum absolute atomic E-state index is 0.0860. The maximum Gasteiger partial charge on any atom is 0.408 e. The Balaban J connectivity index is 1.45. The Kier molecular flexibility index (Phi) is 6.65. The van der Waals surface area contributed by atoms with Crippen LogP contribution in [0.5, 0.6) is 0 Å². The molecule has 0 spiro atoms. The maximum absolute atomic E-state index is 12.9. The number of hydrogen-bond donors (Lipinski definition) is 3. The summed E-state index contributed by atoms with van der Waals surface area (Å²) in [5.41, 5.74) is 5.45. The molecule has 2 aliphatic rings. The van der Waals surface area contributed by atoms with E-state index in [4.69, 9.17) is 14.7 Å². The largest absolute Gasteiger partial charge is 0.479 e. The number of hydrogen-bond acceptors (Lipinski definition) is 5. The summed E-state index contributed by atoms with van der Waals surface area (Å²) in [4.78, 5) is 41.2. The Labute approximate surface area is 192 Å². The summed E-state index contributed by atoms with van der Waals surface area (Å²) in [5, 5.41) is 11.5. The van der Waals surface area contributed by atoms with E-state index in [0.717, 1.165) is 35.1 Å². The first-order valence-corrected chi connectivity index (χ1v) is 11.2. The molecular weight excluding hydrogens is 424 g/mol. The fourth-order valence-electron chi connectivity index (χ4n) is 5.02. The first-order valence-electron chi connectivity index (χ1n) is 11.2. The summed E-state index contributed by atoms with van der Waals surface area (Å²) in [6.07, 6.45) is 1.84. The molecule has 174 valence electrons. The van der Waals surface area contributed by atoms with E-state index in [2.05, 4.69) is 22.9 Å². The highest BCUT2D eigenvalue weighted by molar-refractivity contribution is 5.89. The van der Waals surface area contributed by atoms with Crippen molar-refractivity contribution in [3.63, 3.8) is 0 Å². The fourth-order valence-corrected chi connectivity index (χ4v) is 5.02. The number of fused-ring (bicyclic) bond motifs is 3. The summed E-state index contributed by atoms with van der Waals surface area (Å²) in [5.74, 6) is -1.65. The highest BCUT2D eigenvalue weighted by Gasteiger charge is 2.44. The lowest BCUT2D eigenvalue weighted by Gasteiger charge is -2.38. The molecule has 4 rings (SSSR count). The van der Waals surface area contributed by atoms with E-state index in [9.17, 15) is 14.4 Å². The Morgan fingerprint density at radius 3 is 2.30 bits per heavy atom. The van der Waals surface area contributed by atoms with Gasteiger partial charge in [-0.1, -0.05) is 68.3 Å². The van der Waals surface area contributed by atoms with Gasteiger partial charge in [0.15, 0.2) is 6.61 Å². The third kappa shape index (κ3) is 4.85. The lowest BCUT2D eigenvalue weighted by atomic mass is 9.76. The van der Waals surface area contributed by atoms with E-state index in [1.54, 1.807) is 0 Å². The third-order valence-corrected chi connectivity index (χ3v) is 6.48. The number of carboxylic acids is 1. The van der Waals surface area contributed by atoms with Gasteiger partial charge in [0.05, 0.1) is 0 Å². The topological polar surface area (TPSA) is 114 Å². The van der Waals surface area contributed by atoms with Crippen molar-refractivity contribution in [1.29, 1.82) is 0 Å². The summed E-state index contributed by atoms with van der Waals surface area (Å²) >= 11 is 0. The van der Waals surface area contributed by atoms with Crippen LogP contribution in [-0.4, -0.2) is 41.8 Å². The maximum atomic E-state index is 12.9. The fraction of sp³-hybridized carbons (Fsp3) is 0.400. The van der Waals surface area contributed by atoms with Crippen molar-refractivity contribution in [3.05, 3.63) is 59.7 Å². The number of nitrogens with one attached hydrogen (secondary N) is 2. The van der Waals surface area contributed by atoms with Gasteiger partial charge >= 0.3 is 12.1 Å². The lowest BCUT2D eigenvalue weighted by Crippen LogP contribution is -2.61. The summed E-state index contributed by atoms with van der Waals surface area (Å²) in [6, 6.07) is 16.1. The van der Waals surface area contributed by atoms with E-state index >= 15 is 0 Å². The Morgan fingerprint density at radius 1 is 1.06 bits per heavy atom. The SMILES string of the molecule is CC1CCCC(NC(=O)OCC2c3ccccc3-c3ccccc32)(C(=O)NOCC(=O)O)C1. The van der Waals surface area contributed by atoms with Crippen molar-refractivity contribution < 1.29 is 29.1 Å². The van der Waals surface area contributed by atoms with Crippen LogP contribution in [0.4, 0.5) is 4.79 Å². The Hall–Kier alpha value is -3.39. The molecule has 0 aliphatic heterocycles. The van der Waals surface area contributed by atoms with Crippen molar-refractivity contribution >= 4 is 18.0 Å². The van der Waals surface area contributed by atoms with E-state index < -0.39 is 30.1 Å². The highest BCUT2D eigenvalue weighted by atomic mass is 16.7. The van der Waals surface area contributed by atoms with Gasteiger partial charge in [0.2, 0.25) is 0 Å². The number of hydroxylamine groups is 1. The van der Waals surface area contributed by atoms with Gasteiger partial charge in [-0.2, -0.15) is 0 Å². The van der Waals surface area contributed by atoms with E-state index in [1.807, 2.05) is 43.3 Å². The second kappa shape index (κ2) is 9.62. The molecule has 2 amide bonds. The Bertz CT molecular complexity index is 1010. The average molecular weight is 453 g/mol. The number of carbonyl (C=O) groups excluding carboxylic acids is 2. The van der Waals surface area contributed by atoms with Crippen LogP contribution in [0.2, 0.25) is 0 Å². The van der Waals surface area contributed by atoms with Crippen LogP contribution in [-0.2, 0) is 19.2 Å². The van der Waals surface area contributed by atoms with Gasteiger partial charge < -0.3 is 15.2 Å². The van der Waals surface area contributed by atoms with Gasteiger partial charge in [-0.15, -0.1) is 0 Å². The van der Waals surface area contributed by atoms with Gasteiger partial charge in [0, 0.05) is 5.92 Å². The van der Waals surface area contributed by atoms with E-state index in [-0.39, 0.29) is 18.4 Å². The standard InChI is InChI=1S/C25H28N2O6/c1-16-7-6-12-25(13-16,23(30)27-33-15-22(28)29)26-24(31)32-14-21-19-10-4-2-8-17(19)18-9-3-5-11-20(18)21/h2-5,8-11,16,21H,6-7,12-15H2,1H3,(H,26,31)(H,27,30)(H,28,29). The molecule has 0 aromatic heterocycles. The molecule has 0 bridgehead atoms. The molecule has 8 nitrogen and oxygen atoms in total. The number of carbonyl (C=O) groups is 3.